The summed E-state index contributed by atoms with van der Waals surface area (Å²) in [5.74, 6) is 0.434. The number of rotatable bonds is 2. The lowest BCUT2D eigenvalue weighted by atomic mass is 10.0. The van der Waals surface area contributed by atoms with Crippen molar-refractivity contribution >= 4 is 33.3 Å². The first-order valence-electron chi connectivity index (χ1n) is 6.03. The summed E-state index contributed by atoms with van der Waals surface area (Å²) in [6.07, 6.45) is 0. The lowest BCUT2D eigenvalue weighted by Crippen LogP contribution is -1.89. The van der Waals surface area contributed by atoms with E-state index < -0.39 is 0 Å². The number of nitrogens with zero attached hydrogens (tertiary/aromatic N) is 1. The third-order valence-corrected chi connectivity index (χ3v) is 3.92. The first-order valence-corrected chi connectivity index (χ1v) is 7.20. The van der Waals surface area contributed by atoms with E-state index in [9.17, 15) is 4.39 Å². The van der Waals surface area contributed by atoms with E-state index in [0.29, 0.717) is 16.3 Å². The number of anilines is 1. The van der Waals surface area contributed by atoms with Gasteiger partial charge in [0.25, 0.3) is 0 Å². The zero-order valence-electron chi connectivity index (χ0n) is 10.6. The maximum atomic E-state index is 13.1. The molecule has 106 valence electrons. The molecule has 1 aromatic heterocycles. The standard InChI is InChI=1S/C15H9BrClFN2O/c16-12-7-9(17)3-6-11(12)14-13(15(19)20-21-14)8-1-4-10(18)5-2-8/h1-7H,(H2,19,20). The monoisotopic (exact) mass is 366 g/mol. The fraction of sp³-hybridized carbons (Fsp3) is 0. The molecule has 0 spiro atoms. The number of nitrogen functional groups attached to an aromatic ring is 1. The molecule has 0 unspecified atom stereocenters. The van der Waals surface area contributed by atoms with Crippen molar-refractivity contribution in [2.24, 2.45) is 0 Å². The first kappa shape index (κ1) is 14.1. The Morgan fingerprint density at radius 1 is 1.14 bits per heavy atom. The van der Waals surface area contributed by atoms with Crippen LogP contribution in [0, 0.1) is 5.82 Å². The van der Waals surface area contributed by atoms with Gasteiger partial charge in [0.1, 0.15) is 5.82 Å². The second-order valence-corrected chi connectivity index (χ2v) is 5.69. The summed E-state index contributed by atoms with van der Waals surface area (Å²) < 4.78 is 19.2. The van der Waals surface area contributed by atoms with E-state index >= 15 is 0 Å². The van der Waals surface area contributed by atoms with Gasteiger partial charge in [0.15, 0.2) is 11.6 Å². The number of hydrogen-bond donors (Lipinski definition) is 1. The van der Waals surface area contributed by atoms with Crippen molar-refractivity contribution in [3.05, 3.63) is 57.8 Å². The molecule has 0 saturated carbocycles. The molecule has 21 heavy (non-hydrogen) atoms. The van der Waals surface area contributed by atoms with Gasteiger partial charge in [0, 0.05) is 15.1 Å². The predicted molar refractivity (Wildman–Crippen MR) is 84.5 cm³/mol. The van der Waals surface area contributed by atoms with Crippen LogP contribution < -0.4 is 5.73 Å². The van der Waals surface area contributed by atoms with Gasteiger partial charge in [-0.3, -0.25) is 0 Å². The van der Waals surface area contributed by atoms with Crippen LogP contribution >= 0.6 is 27.5 Å². The van der Waals surface area contributed by atoms with E-state index in [0.717, 1.165) is 15.6 Å². The molecule has 0 bridgehead atoms. The largest absolute Gasteiger partial charge is 0.380 e. The molecule has 2 N–H and O–H groups in total. The van der Waals surface area contributed by atoms with Gasteiger partial charge in [-0.1, -0.05) is 28.9 Å². The Kier molecular flexibility index (Phi) is 3.69. The first-order chi connectivity index (χ1) is 10.1. The van der Waals surface area contributed by atoms with Crippen LogP contribution in [0.15, 0.2) is 51.5 Å². The van der Waals surface area contributed by atoms with Crippen LogP contribution in [0.3, 0.4) is 0 Å². The van der Waals surface area contributed by atoms with Gasteiger partial charge in [0.05, 0.1) is 5.56 Å². The smallest absolute Gasteiger partial charge is 0.178 e. The summed E-state index contributed by atoms with van der Waals surface area (Å²) >= 11 is 9.38. The Labute approximate surface area is 133 Å². The second kappa shape index (κ2) is 5.50. The Morgan fingerprint density at radius 3 is 2.52 bits per heavy atom. The average molecular weight is 368 g/mol. The number of aromatic nitrogens is 1. The molecule has 0 saturated heterocycles. The highest BCUT2D eigenvalue weighted by atomic mass is 79.9. The predicted octanol–water partition coefficient (Wildman–Crippen LogP) is 5.15. The highest BCUT2D eigenvalue weighted by Crippen LogP contribution is 2.40. The molecule has 3 nitrogen and oxygen atoms in total. The number of benzene rings is 2. The molecule has 0 amide bonds. The molecule has 1 heterocycles. The van der Waals surface area contributed by atoms with E-state index in [4.69, 9.17) is 21.9 Å². The van der Waals surface area contributed by atoms with Crippen LogP contribution in [0.2, 0.25) is 5.02 Å². The molecule has 2 aromatic carbocycles. The van der Waals surface area contributed by atoms with Gasteiger partial charge in [-0.05, 0) is 51.8 Å². The molecular weight excluding hydrogens is 359 g/mol. The van der Waals surface area contributed by atoms with Crippen molar-refractivity contribution in [1.29, 1.82) is 0 Å². The minimum atomic E-state index is -0.317. The van der Waals surface area contributed by atoms with Crippen LogP contribution in [0.1, 0.15) is 0 Å². The molecule has 0 aliphatic rings. The molecule has 0 aliphatic carbocycles. The SMILES string of the molecule is Nc1noc(-c2ccc(Cl)cc2Br)c1-c1ccc(F)cc1. The summed E-state index contributed by atoms with van der Waals surface area (Å²) in [5.41, 5.74) is 8.01. The van der Waals surface area contributed by atoms with Crippen LogP contribution in [-0.4, -0.2) is 5.16 Å². The third kappa shape index (κ3) is 2.66. The zero-order valence-corrected chi connectivity index (χ0v) is 13.0. The molecule has 3 rings (SSSR count). The van der Waals surface area contributed by atoms with Crippen molar-refractivity contribution in [2.75, 3.05) is 5.73 Å². The van der Waals surface area contributed by atoms with Crippen molar-refractivity contribution in [1.82, 2.24) is 5.16 Å². The van der Waals surface area contributed by atoms with E-state index in [1.807, 2.05) is 0 Å². The van der Waals surface area contributed by atoms with Crippen molar-refractivity contribution in [3.8, 4) is 22.5 Å². The summed E-state index contributed by atoms with van der Waals surface area (Å²) in [7, 11) is 0. The fourth-order valence-corrected chi connectivity index (χ4v) is 2.92. The van der Waals surface area contributed by atoms with E-state index in [1.54, 1.807) is 30.3 Å². The van der Waals surface area contributed by atoms with Crippen LogP contribution in [-0.2, 0) is 0 Å². The number of nitrogens with two attached hydrogens (primary N) is 1. The quantitative estimate of drug-likeness (QED) is 0.682. The van der Waals surface area contributed by atoms with Gasteiger partial charge in [-0.2, -0.15) is 0 Å². The summed E-state index contributed by atoms with van der Waals surface area (Å²) in [6.45, 7) is 0. The van der Waals surface area contributed by atoms with Crippen LogP contribution in [0.25, 0.3) is 22.5 Å². The van der Waals surface area contributed by atoms with E-state index in [2.05, 4.69) is 21.1 Å². The minimum absolute atomic E-state index is 0.249. The maximum Gasteiger partial charge on any atom is 0.178 e. The number of halogens is 3. The molecule has 0 radical (unpaired) electrons. The topological polar surface area (TPSA) is 52.0 Å². The molecule has 0 atom stereocenters. The number of hydrogen-bond acceptors (Lipinski definition) is 3. The normalized spacial score (nSPS) is 10.8. The van der Waals surface area contributed by atoms with Gasteiger partial charge < -0.3 is 10.3 Å². The van der Waals surface area contributed by atoms with E-state index in [-0.39, 0.29) is 11.6 Å². The Hall–Kier alpha value is -1.85. The highest BCUT2D eigenvalue weighted by molar-refractivity contribution is 9.10. The maximum absolute atomic E-state index is 13.1. The van der Waals surface area contributed by atoms with Gasteiger partial charge in [-0.25, -0.2) is 4.39 Å². The summed E-state index contributed by atoms with van der Waals surface area (Å²) in [6, 6.07) is 11.3. The summed E-state index contributed by atoms with van der Waals surface area (Å²) in [5, 5.41) is 4.41. The van der Waals surface area contributed by atoms with Crippen LogP contribution in [0.5, 0.6) is 0 Å². The van der Waals surface area contributed by atoms with Gasteiger partial charge >= 0.3 is 0 Å². The molecular formula is C15H9BrClFN2O. The molecule has 0 aliphatic heterocycles. The lowest BCUT2D eigenvalue weighted by Gasteiger charge is -2.05. The third-order valence-electron chi connectivity index (χ3n) is 3.03. The average Bonchev–Trinajstić information content (AvgIpc) is 2.82. The van der Waals surface area contributed by atoms with E-state index in [1.165, 1.54) is 12.1 Å². The van der Waals surface area contributed by atoms with Gasteiger partial charge in [0.2, 0.25) is 0 Å². The zero-order chi connectivity index (χ0) is 15.0. The second-order valence-electron chi connectivity index (χ2n) is 4.40. The van der Waals surface area contributed by atoms with Crippen molar-refractivity contribution in [2.45, 2.75) is 0 Å². The fourth-order valence-electron chi connectivity index (χ4n) is 2.06. The van der Waals surface area contributed by atoms with Gasteiger partial charge in [-0.15, -0.1) is 0 Å². The summed E-state index contributed by atoms with van der Waals surface area (Å²) in [4.78, 5) is 0. The highest BCUT2D eigenvalue weighted by Gasteiger charge is 2.19. The molecule has 3 aromatic rings. The Morgan fingerprint density at radius 2 is 1.86 bits per heavy atom. The van der Waals surface area contributed by atoms with Crippen LogP contribution in [0.4, 0.5) is 10.2 Å². The Bertz CT molecular complexity index is 802. The van der Waals surface area contributed by atoms with Crippen molar-refractivity contribution < 1.29 is 8.91 Å². The minimum Gasteiger partial charge on any atom is -0.380 e. The molecule has 0 fully saturated rings. The molecule has 6 heteroatoms. The Balaban J connectivity index is 2.19. The lowest BCUT2D eigenvalue weighted by molar-refractivity contribution is 0.436. The van der Waals surface area contributed by atoms with Crippen molar-refractivity contribution in [3.63, 3.8) is 0 Å².